The van der Waals surface area contributed by atoms with Crippen LogP contribution in [0.1, 0.15) is 10.4 Å². The van der Waals surface area contributed by atoms with Gasteiger partial charge in [0.05, 0.1) is 5.69 Å². The molecule has 0 aliphatic carbocycles. The van der Waals surface area contributed by atoms with Crippen LogP contribution in [0, 0.1) is 11.6 Å². The van der Waals surface area contributed by atoms with E-state index in [1.165, 1.54) is 10.9 Å². The molecule has 1 amide bonds. The minimum absolute atomic E-state index is 0.000818. The second-order valence-corrected chi connectivity index (χ2v) is 6.07. The number of rotatable bonds is 4. The molecule has 0 aliphatic heterocycles. The van der Waals surface area contributed by atoms with E-state index < -0.39 is 22.6 Å². The van der Waals surface area contributed by atoms with E-state index in [0.29, 0.717) is 10.8 Å². The zero-order chi connectivity index (χ0) is 18.8. The Kier molecular flexibility index (Phi) is 5.11. The summed E-state index contributed by atoms with van der Waals surface area (Å²) in [4.78, 5) is 12.5. The van der Waals surface area contributed by atoms with Gasteiger partial charge in [-0.15, -0.1) is 5.10 Å². The Morgan fingerprint density at radius 1 is 1.23 bits per heavy atom. The van der Waals surface area contributed by atoms with Crippen molar-refractivity contribution in [3.05, 3.63) is 69.8 Å². The highest BCUT2D eigenvalue weighted by Gasteiger charge is 2.20. The summed E-state index contributed by atoms with van der Waals surface area (Å²) in [6.07, 6.45) is 1.40. The first-order chi connectivity index (χ1) is 12.3. The van der Waals surface area contributed by atoms with Gasteiger partial charge in [0.1, 0.15) is 22.2 Å². The molecule has 1 aromatic heterocycles. The van der Waals surface area contributed by atoms with Gasteiger partial charge in [-0.2, -0.15) is 0 Å². The smallest absolute Gasteiger partial charge is 0.262 e. The number of nitrogens with zero attached hydrogens (tertiary/aromatic N) is 2. The number of halogens is 4. The van der Waals surface area contributed by atoms with Gasteiger partial charge >= 0.3 is 0 Å². The Morgan fingerprint density at radius 3 is 2.73 bits per heavy atom. The number of amides is 1. The molecule has 0 bridgehead atoms. The van der Waals surface area contributed by atoms with E-state index in [1.54, 1.807) is 31.3 Å². The van der Waals surface area contributed by atoms with Crippen molar-refractivity contribution >= 4 is 34.8 Å². The highest BCUT2D eigenvalue weighted by Crippen LogP contribution is 2.28. The first-order valence-corrected chi connectivity index (χ1v) is 8.02. The van der Waals surface area contributed by atoms with Gasteiger partial charge in [0.25, 0.3) is 11.8 Å². The van der Waals surface area contributed by atoms with Gasteiger partial charge in [-0.05, 0) is 30.3 Å². The third-order valence-corrected chi connectivity index (χ3v) is 3.92. The van der Waals surface area contributed by atoms with E-state index in [1.807, 2.05) is 0 Å². The summed E-state index contributed by atoms with van der Waals surface area (Å²) < 4.78 is 34.2. The third-order valence-electron chi connectivity index (χ3n) is 3.33. The summed E-state index contributed by atoms with van der Waals surface area (Å²) in [5, 5.41) is 6.13. The second-order valence-electron chi connectivity index (χ2n) is 5.26. The van der Waals surface area contributed by atoms with Crippen LogP contribution in [0.3, 0.4) is 0 Å². The van der Waals surface area contributed by atoms with E-state index in [4.69, 9.17) is 27.9 Å². The number of benzene rings is 2. The van der Waals surface area contributed by atoms with Crippen molar-refractivity contribution in [2.45, 2.75) is 0 Å². The summed E-state index contributed by atoms with van der Waals surface area (Å²) >= 11 is 11.4. The van der Waals surface area contributed by atoms with Gasteiger partial charge in [0.2, 0.25) is 0 Å². The molecule has 134 valence electrons. The monoisotopic (exact) mass is 397 g/mol. The number of carbonyl (C=O) groups is 1. The molecule has 0 radical (unpaired) electrons. The molecular weight excluding hydrogens is 387 g/mol. The van der Waals surface area contributed by atoms with E-state index in [9.17, 15) is 13.6 Å². The van der Waals surface area contributed by atoms with Gasteiger partial charge in [-0.3, -0.25) is 9.48 Å². The largest absolute Gasteiger partial charge is 0.437 e. The number of hydrogen-bond donors (Lipinski definition) is 1. The van der Waals surface area contributed by atoms with Crippen molar-refractivity contribution in [2.75, 3.05) is 5.32 Å². The van der Waals surface area contributed by atoms with Crippen molar-refractivity contribution in [2.24, 2.45) is 7.05 Å². The average Bonchev–Trinajstić information content (AvgIpc) is 2.96. The number of anilines is 1. The summed E-state index contributed by atoms with van der Waals surface area (Å²) in [6, 6.07) is 8.56. The van der Waals surface area contributed by atoms with Crippen LogP contribution in [-0.4, -0.2) is 15.7 Å². The number of nitrogens with one attached hydrogen (secondary N) is 1. The molecule has 3 rings (SSSR count). The van der Waals surface area contributed by atoms with Gasteiger partial charge in [-0.25, -0.2) is 8.78 Å². The maximum atomic E-state index is 14.0. The molecule has 0 spiro atoms. The Bertz CT molecular complexity index is 992. The fraction of sp³-hybridized carbons (Fsp3) is 0.0588. The van der Waals surface area contributed by atoms with Crippen LogP contribution in [0.25, 0.3) is 0 Å². The highest BCUT2D eigenvalue weighted by molar-refractivity contribution is 6.31. The zero-order valence-electron chi connectivity index (χ0n) is 13.3. The molecule has 1 N–H and O–H groups in total. The molecule has 9 heteroatoms. The molecule has 0 atom stereocenters. The van der Waals surface area contributed by atoms with Gasteiger partial charge in [0.15, 0.2) is 5.82 Å². The van der Waals surface area contributed by atoms with Crippen LogP contribution in [0.2, 0.25) is 10.0 Å². The predicted octanol–water partition coefficient (Wildman–Crippen LogP) is 5.05. The number of ether oxygens (including phenoxy) is 1. The summed E-state index contributed by atoms with van der Waals surface area (Å²) in [7, 11) is 1.59. The predicted molar refractivity (Wildman–Crippen MR) is 94.1 cm³/mol. The Morgan fingerprint density at radius 2 is 2.00 bits per heavy atom. The normalized spacial score (nSPS) is 10.7. The Labute approximate surface area is 157 Å². The highest BCUT2D eigenvalue weighted by atomic mass is 35.5. The maximum absolute atomic E-state index is 14.0. The number of aryl methyl sites for hydroxylation is 1. The lowest BCUT2D eigenvalue weighted by molar-refractivity contribution is 0.102. The van der Waals surface area contributed by atoms with E-state index in [0.717, 1.165) is 12.1 Å². The topological polar surface area (TPSA) is 56.2 Å². The molecule has 5 nitrogen and oxygen atoms in total. The third kappa shape index (κ3) is 3.79. The zero-order valence-corrected chi connectivity index (χ0v) is 14.8. The lowest BCUT2D eigenvalue weighted by Crippen LogP contribution is -2.13. The fourth-order valence-electron chi connectivity index (χ4n) is 2.15. The first-order valence-electron chi connectivity index (χ1n) is 7.27. The van der Waals surface area contributed by atoms with Crippen LogP contribution >= 0.6 is 23.2 Å². The molecule has 0 saturated carbocycles. The van der Waals surface area contributed by atoms with Crippen LogP contribution in [0.5, 0.6) is 11.6 Å². The standard InChI is InChI=1S/C17H11Cl2F2N3O2/c1-24-8-11(17(23-24)26-10-4-2-3-9(18)7-10)16(25)22-13-6-5-12(20)14(19)15(13)21/h2-8H,1H3,(H,22,25). The van der Waals surface area contributed by atoms with Gasteiger partial charge in [0, 0.05) is 18.3 Å². The molecule has 1 heterocycles. The van der Waals surface area contributed by atoms with Gasteiger partial charge in [-0.1, -0.05) is 29.3 Å². The Balaban J connectivity index is 1.87. The minimum Gasteiger partial charge on any atom is -0.437 e. The maximum Gasteiger partial charge on any atom is 0.262 e. The summed E-state index contributed by atoms with van der Waals surface area (Å²) in [5.41, 5.74) is -0.216. The molecule has 0 aliphatic rings. The lowest BCUT2D eigenvalue weighted by atomic mass is 10.2. The average molecular weight is 398 g/mol. The SMILES string of the molecule is Cn1cc(C(=O)Nc2ccc(F)c(Cl)c2F)c(Oc2cccc(Cl)c2)n1. The summed E-state index contributed by atoms with van der Waals surface area (Å²) in [5.74, 6) is -2.31. The molecule has 0 saturated heterocycles. The summed E-state index contributed by atoms with van der Waals surface area (Å²) in [6.45, 7) is 0. The second kappa shape index (κ2) is 7.31. The van der Waals surface area contributed by atoms with Gasteiger partial charge < -0.3 is 10.1 Å². The molecule has 2 aromatic carbocycles. The van der Waals surface area contributed by atoms with E-state index in [2.05, 4.69) is 10.4 Å². The van der Waals surface area contributed by atoms with Crippen molar-refractivity contribution < 1.29 is 18.3 Å². The Hall–Kier alpha value is -2.64. The van der Waals surface area contributed by atoms with Crippen molar-refractivity contribution in [1.82, 2.24) is 9.78 Å². The van der Waals surface area contributed by atoms with Crippen molar-refractivity contribution in [3.8, 4) is 11.6 Å². The number of hydrogen-bond acceptors (Lipinski definition) is 3. The van der Waals surface area contributed by atoms with Crippen molar-refractivity contribution in [1.29, 1.82) is 0 Å². The quantitative estimate of drug-likeness (QED) is 0.626. The van der Waals surface area contributed by atoms with E-state index in [-0.39, 0.29) is 17.1 Å². The minimum atomic E-state index is -1.07. The molecule has 0 unspecified atom stereocenters. The van der Waals surface area contributed by atoms with Crippen LogP contribution in [0.4, 0.5) is 14.5 Å². The van der Waals surface area contributed by atoms with Crippen LogP contribution in [-0.2, 0) is 7.05 Å². The molecular formula is C17H11Cl2F2N3O2. The number of carbonyl (C=O) groups excluding carboxylic acids is 1. The lowest BCUT2D eigenvalue weighted by Gasteiger charge is -2.08. The van der Waals surface area contributed by atoms with Crippen molar-refractivity contribution in [3.63, 3.8) is 0 Å². The molecule has 3 aromatic rings. The fourth-order valence-corrected chi connectivity index (χ4v) is 2.50. The van der Waals surface area contributed by atoms with Crippen LogP contribution < -0.4 is 10.1 Å². The van der Waals surface area contributed by atoms with E-state index >= 15 is 0 Å². The van der Waals surface area contributed by atoms with Crippen LogP contribution in [0.15, 0.2) is 42.6 Å². The molecule has 26 heavy (non-hydrogen) atoms. The molecule has 0 fully saturated rings. The number of aromatic nitrogens is 2. The first kappa shape index (κ1) is 18.2.